The molecule has 1 aliphatic heterocycles. The number of halogens is 3. The van der Waals surface area contributed by atoms with Crippen LogP contribution in [-0.4, -0.2) is 40.5 Å². The number of rotatable bonds is 9. The summed E-state index contributed by atoms with van der Waals surface area (Å²) in [5.74, 6) is -2.72. The highest BCUT2D eigenvalue weighted by Gasteiger charge is 2.36. The minimum Gasteiger partial charge on any atom is -0.493 e. The molecule has 0 radical (unpaired) electrons. The van der Waals surface area contributed by atoms with Crippen molar-refractivity contribution in [3.05, 3.63) is 96.9 Å². The van der Waals surface area contributed by atoms with Crippen LogP contribution in [0.15, 0.2) is 64.0 Å². The van der Waals surface area contributed by atoms with Crippen LogP contribution in [0.1, 0.15) is 11.1 Å². The fourth-order valence-electron chi connectivity index (χ4n) is 3.51. The number of benzene rings is 3. The molecular formula is C26H18BrF2N3O7S. The van der Waals surface area contributed by atoms with Crippen LogP contribution in [-0.2, 0) is 16.2 Å². The van der Waals surface area contributed by atoms with Gasteiger partial charge in [0.05, 0.1) is 22.6 Å². The lowest BCUT2D eigenvalue weighted by Crippen LogP contribution is -2.36. The summed E-state index contributed by atoms with van der Waals surface area (Å²) in [4.78, 5) is 48.7. The predicted molar refractivity (Wildman–Crippen MR) is 146 cm³/mol. The Bertz CT molecular complexity index is 1550. The quantitative estimate of drug-likeness (QED) is 0.175. The van der Waals surface area contributed by atoms with Crippen LogP contribution in [0.4, 0.5) is 25.0 Å². The van der Waals surface area contributed by atoms with Crippen molar-refractivity contribution in [3.63, 3.8) is 0 Å². The van der Waals surface area contributed by atoms with Crippen LogP contribution >= 0.6 is 27.7 Å². The number of methoxy groups -OCH3 is 1. The monoisotopic (exact) mass is 633 g/mol. The first-order valence-electron chi connectivity index (χ1n) is 11.3. The molecule has 1 aliphatic rings. The Morgan fingerprint density at radius 3 is 2.50 bits per heavy atom. The zero-order chi connectivity index (χ0) is 29.0. The number of hydrogen-bond acceptors (Lipinski definition) is 8. The number of amides is 3. The lowest BCUT2D eigenvalue weighted by atomic mass is 10.1. The average Bonchev–Trinajstić information content (AvgIpc) is 3.17. The molecule has 0 spiro atoms. The van der Waals surface area contributed by atoms with Gasteiger partial charge in [0.1, 0.15) is 24.8 Å². The molecule has 0 unspecified atom stereocenters. The smallest absolute Gasteiger partial charge is 0.294 e. The van der Waals surface area contributed by atoms with Gasteiger partial charge in [-0.1, -0.05) is 15.9 Å². The summed E-state index contributed by atoms with van der Waals surface area (Å²) in [7, 11) is 1.42. The number of nitrogens with zero attached hydrogens (tertiary/aromatic N) is 2. The molecule has 0 saturated carbocycles. The molecule has 40 heavy (non-hydrogen) atoms. The molecule has 0 atom stereocenters. The number of nitro groups is 1. The van der Waals surface area contributed by atoms with Crippen LogP contribution in [0.2, 0.25) is 0 Å². The third-order valence-corrected chi connectivity index (χ3v) is 7.09. The van der Waals surface area contributed by atoms with Crippen LogP contribution in [0.5, 0.6) is 11.5 Å². The van der Waals surface area contributed by atoms with Gasteiger partial charge in [-0.2, -0.15) is 0 Å². The van der Waals surface area contributed by atoms with Gasteiger partial charge in [-0.05, 0) is 65.4 Å². The molecule has 1 saturated heterocycles. The second-order valence-corrected chi connectivity index (χ2v) is 10.0. The zero-order valence-electron chi connectivity index (χ0n) is 20.5. The Morgan fingerprint density at radius 2 is 1.85 bits per heavy atom. The first kappa shape index (κ1) is 28.7. The normalized spacial score (nSPS) is 14.0. The topological polar surface area (TPSA) is 128 Å². The fourth-order valence-corrected chi connectivity index (χ4v) is 4.78. The van der Waals surface area contributed by atoms with Gasteiger partial charge in [-0.25, -0.2) is 8.78 Å². The molecule has 0 bridgehead atoms. The molecule has 3 amide bonds. The first-order valence-corrected chi connectivity index (χ1v) is 12.9. The SMILES string of the molecule is COc1cc(/C=C2/SC(=O)N(CC(=O)Nc3ccc(F)cc3F)C2=O)c(Br)cc1OCc1ccc([N+](=O)[O-])cc1. The number of ether oxygens (including phenoxy) is 2. The van der Waals surface area contributed by atoms with Crippen molar-refractivity contribution in [2.75, 3.05) is 19.0 Å². The van der Waals surface area contributed by atoms with E-state index in [1.807, 2.05) is 0 Å². The number of nitrogens with one attached hydrogen (secondary N) is 1. The second kappa shape index (κ2) is 12.3. The number of thioether (sulfide) groups is 1. The van der Waals surface area contributed by atoms with Gasteiger partial charge in [0.25, 0.3) is 16.8 Å². The van der Waals surface area contributed by atoms with Gasteiger partial charge in [0.15, 0.2) is 11.5 Å². The number of hydrogen-bond donors (Lipinski definition) is 1. The average molecular weight is 634 g/mol. The number of anilines is 1. The number of carbonyl (C=O) groups excluding carboxylic acids is 3. The van der Waals surface area contributed by atoms with E-state index in [9.17, 15) is 33.3 Å². The fraction of sp³-hybridized carbons (Fsp3) is 0.115. The van der Waals surface area contributed by atoms with Crippen molar-refractivity contribution in [1.29, 1.82) is 0 Å². The third-order valence-electron chi connectivity index (χ3n) is 5.49. The minimum atomic E-state index is -0.999. The van der Waals surface area contributed by atoms with Gasteiger partial charge >= 0.3 is 0 Å². The highest BCUT2D eigenvalue weighted by atomic mass is 79.9. The molecule has 1 fully saturated rings. The number of carbonyl (C=O) groups is 3. The Hall–Kier alpha value is -4.30. The van der Waals surface area contributed by atoms with E-state index in [-0.39, 0.29) is 22.9 Å². The summed E-state index contributed by atoms with van der Waals surface area (Å²) >= 11 is 4.03. The highest BCUT2D eigenvalue weighted by Crippen LogP contribution is 2.38. The van der Waals surface area contributed by atoms with E-state index in [1.165, 1.54) is 25.3 Å². The van der Waals surface area contributed by atoms with Crippen molar-refractivity contribution < 1.29 is 37.6 Å². The van der Waals surface area contributed by atoms with E-state index in [4.69, 9.17) is 9.47 Å². The minimum absolute atomic E-state index is 0.0352. The molecule has 3 aromatic carbocycles. The molecular weight excluding hydrogens is 616 g/mol. The maximum Gasteiger partial charge on any atom is 0.294 e. The van der Waals surface area contributed by atoms with Gasteiger partial charge in [-0.15, -0.1) is 0 Å². The largest absolute Gasteiger partial charge is 0.493 e. The lowest BCUT2D eigenvalue weighted by molar-refractivity contribution is -0.384. The van der Waals surface area contributed by atoms with Crippen molar-refractivity contribution >= 4 is 62.2 Å². The van der Waals surface area contributed by atoms with Gasteiger partial charge < -0.3 is 14.8 Å². The summed E-state index contributed by atoms with van der Waals surface area (Å²) < 4.78 is 38.6. The molecule has 0 aromatic heterocycles. The molecule has 0 aliphatic carbocycles. The number of nitro benzene ring substituents is 1. The molecule has 206 valence electrons. The number of imide groups is 1. The third kappa shape index (κ3) is 6.63. The van der Waals surface area contributed by atoms with E-state index < -0.39 is 40.2 Å². The van der Waals surface area contributed by atoms with E-state index in [1.54, 1.807) is 24.3 Å². The molecule has 10 nitrogen and oxygen atoms in total. The van der Waals surface area contributed by atoms with E-state index in [0.29, 0.717) is 49.8 Å². The predicted octanol–water partition coefficient (Wildman–Crippen LogP) is 5.90. The van der Waals surface area contributed by atoms with Crippen LogP contribution < -0.4 is 14.8 Å². The van der Waals surface area contributed by atoms with Crippen molar-refractivity contribution in [1.82, 2.24) is 4.90 Å². The van der Waals surface area contributed by atoms with Crippen molar-refractivity contribution in [2.45, 2.75) is 6.61 Å². The van der Waals surface area contributed by atoms with Crippen LogP contribution in [0, 0.1) is 21.7 Å². The second-order valence-electron chi connectivity index (χ2n) is 8.18. The Morgan fingerprint density at radius 1 is 1.12 bits per heavy atom. The van der Waals surface area contributed by atoms with E-state index in [2.05, 4.69) is 21.2 Å². The zero-order valence-corrected chi connectivity index (χ0v) is 22.9. The van der Waals surface area contributed by atoms with Crippen molar-refractivity contribution in [3.8, 4) is 11.5 Å². The Kier molecular flexibility index (Phi) is 8.80. The van der Waals surface area contributed by atoms with Gasteiger partial charge in [0.2, 0.25) is 5.91 Å². The van der Waals surface area contributed by atoms with E-state index in [0.717, 1.165) is 12.1 Å². The molecule has 1 N–H and O–H groups in total. The standard InChI is InChI=1S/C26H18BrF2N3O7S/c1-38-21-8-15(18(27)11-22(21)39-13-14-2-5-17(6-3-14)32(36)37)9-23-25(34)31(26(35)40-23)12-24(33)30-20-7-4-16(28)10-19(20)29/h2-11H,12-13H2,1H3,(H,30,33)/b23-9+. The number of non-ortho nitro benzene ring substituents is 1. The maximum atomic E-state index is 13.8. The van der Waals surface area contributed by atoms with Gasteiger partial charge in [-0.3, -0.25) is 29.4 Å². The summed E-state index contributed by atoms with van der Waals surface area (Å²) in [6, 6.07) is 11.6. The first-order chi connectivity index (χ1) is 19.0. The maximum absolute atomic E-state index is 13.8. The molecule has 3 aromatic rings. The Balaban J connectivity index is 1.46. The van der Waals surface area contributed by atoms with Gasteiger partial charge in [0, 0.05) is 22.7 Å². The van der Waals surface area contributed by atoms with Crippen LogP contribution in [0.25, 0.3) is 6.08 Å². The molecule has 14 heteroatoms. The van der Waals surface area contributed by atoms with E-state index >= 15 is 0 Å². The highest BCUT2D eigenvalue weighted by molar-refractivity contribution is 9.10. The Labute approximate surface area is 238 Å². The van der Waals surface area contributed by atoms with Crippen LogP contribution in [0.3, 0.4) is 0 Å². The summed E-state index contributed by atoms with van der Waals surface area (Å²) in [5, 5.41) is 12.3. The molecule has 4 rings (SSSR count). The summed E-state index contributed by atoms with van der Waals surface area (Å²) in [6.07, 6.45) is 1.44. The van der Waals surface area contributed by atoms with Crippen molar-refractivity contribution in [2.24, 2.45) is 0 Å². The lowest BCUT2D eigenvalue weighted by Gasteiger charge is -2.13. The summed E-state index contributed by atoms with van der Waals surface area (Å²) in [5.41, 5.74) is 0.830. The molecule has 1 heterocycles. The summed E-state index contributed by atoms with van der Waals surface area (Å²) in [6.45, 7) is -0.568.